The van der Waals surface area contributed by atoms with Crippen LogP contribution in [-0.4, -0.2) is 11.0 Å². The molecule has 1 aliphatic rings. The minimum absolute atomic E-state index is 0.153. The van der Waals surface area contributed by atoms with E-state index in [0.717, 1.165) is 33.1 Å². The minimum atomic E-state index is -0.208. The van der Waals surface area contributed by atoms with Crippen molar-refractivity contribution in [3.63, 3.8) is 0 Å². The highest BCUT2D eigenvalue weighted by atomic mass is 16.5. The van der Waals surface area contributed by atoms with E-state index >= 15 is 0 Å². The average Bonchev–Trinajstić information content (AvgIpc) is 2.90. The summed E-state index contributed by atoms with van der Waals surface area (Å²) in [7, 11) is 0. The molecule has 0 saturated carbocycles. The van der Waals surface area contributed by atoms with Crippen LogP contribution in [0.15, 0.2) is 30.3 Å². The summed E-state index contributed by atoms with van der Waals surface area (Å²) in [5.41, 5.74) is 4.85. The topological polar surface area (TPSA) is 42.1 Å². The number of aryl methyl sites for hydroxylation is 1. The van der Waals surface area contributed by atoms with Gasteiger partial charge in [0.25, 0.3) is 0 Å². The van der Waals surface area contributed by atoms with Crippen LogP contribution in [0, 0.1) is 6.92 Å². The highest BCUT2D eigenvalue weighted by Gasteiger charge is 2.31. The van der Waals surface area contributed by atoms with Gasteiger partial charge in [-0.15, -0.1) is 0 Å². The fourth-order valence-electron chi connectivity index (χ4n) is 3.05. The maximum atomic E-state index is 11.9. The molecule has 2 heterocycles. The summed E-state index contributed by atoms with van der Waals surface area (Å²) >= 11 is 0. The van der Waals surface area contributed by atoms with Crippen molar-refractivity contribution in [3.8, 4) is 0 Å². The largest absolute Gasteiger partial charge is 0.454 e. The second-order valence-corrected chi connectivity index (χ2v) is 5.11. The monoisotopic (exact) mass is 251 g/mol. The first-order chi connectivity index (χ1) is 9.16. The maximum Gasteiger partial charge on any atom is 0.339 e. The van der Waals surface area contributed by atoms with Crippen molar-refractivity contribution in [1.29, 1.82) is 0 Å². The SMILES string of the molecule is Cc1c2c(cc3c1[nH]c1ccccc13)C(C)OC2=O. The Labute approximate surface area is 110 Å². The molecule has 1 aromatic heterocycles. The summed E-state index contributed by atoms with van der Waals surface area (Å²) in [5, 5.41) is 2.35. The zero-order valence-corrected chi connectivity index (χ0v) is 10.8. The number of aromatic amines is 1. The van der Waals surface area contributed by atoms with Crippen molar-refractivity contribution in [2.75, 3.05) is 0 Å². The second-order valence-electron chi connectivity index (χ2n) is 5.11. The van der Waals surface area contributed by atoms with Gasteiger partial charge in [0, 0.05) is 21.9 Å². The third-order valence-electron chi connectivity index (χ3n) is 4.01. The van der Waals surface area contributed by atoms with Gasteiger partial charge < -0.3 is 9.72 Å². The number of carbonyl (C=O) groups is 1. The molecule has 0 spiro atoms. The maximum absolute atomic E-state index is 11.9. The van der Waals surface area contributed by atoms with Gasteiger partial charge in [0.05, 0.1) is 11.1 Å². The molecule has 0 saturated heterocycles. The molecule has 1 atom stereocenters. The summed E-state index contributed by atoms with van der Waals surface area (Å²) < 4.78 is 5.31. The molecule has 19 heavy (non-hydrogen) atoms. The Kier molecular flexibility index (Phi) is 1.89. The lowest BCUT2D eigenvalue weighted by Crippen LogP contribution is -1.97. The molecule has 3 aromatic rings. The molecule has 2 aromatic carbocycles. The zero-order chi connectivity index (χ0) is 13.1. The van der Waals surface area contributed by atoms with Crippen LogP contribution in [-0.2, 0) is 4.74 Å². The van der Waals surface area contributed by atoms with E-state index in [9.17, 15) is 4.79 Å². The summed E-state index contributed by atoms with van der Waals surface area (Å²) in [6.07, 6.45) is -0.153. The Morgan fingerprint density at radius 2 is 2.00 bits per heavy atom. The van der Waals surface area contributed by atoms with Gasteiger partial charge in [0.1, 0.15) is 6.10 Å². The van der Waals surface area contributed by atoms with Crippen LogP contribution in [0.4, 0.5) is 0 Å². The number of hydrogen-bond donors (Lipinski definition) is 1. The molecule has 94 valence electrons. The molecule has 0 radical (unpaired) electrons. The number of aromatic nitrogens is 1. The number of fused-ring (bicyclic) bond motifs is 4. The quantitative estimate of drug-likeness (QED) is 0.616. The van der Waals surface area contributed by atoms with E-state index in [0.29, 0.717) is 0 Å². The van der Waals surface area contributed by atoms with E-state index in [1.165, 1.54) is 5.39 Å². The van der Waals surface area contributed by atoms with Gasteiger partial charge in [-0.2, -0.15) is 0 Å². The number of benzene rings is 2. The number of nitrogens with one attached hydrogen (secondary N) is 1. The number of ether oxygens (including phenoxy) is 1. The van der Waals surface area contributed by atoms with Crippen LogP contribution in [0.3, 0.4) is 0 Å². The molecule has 3 nitrogen and oxygen atoms in total. The van der Waals surface area contributed by atoms with Crippen molar-refractivity contribution in [3.05, 3.63) is 47.0 Å². The molecule has 4 rings (SSSR count). The zero-order valence-electron chi connectivity index (χ0n) is 10.8. The van der Waals surface area contributed by atoms with E-state index in [2.05, 4.69) is 23.2 Å². The van der Waals surface area contributed by atoms with Crippen LogP contribution in [0.2, 0.25) is 0 Å². The van der Waals surface area contributed by atoms with Gasteiger partial charge in [-0.3, -0.25) is 0 Å². The third-order valence-corrected chi connectivity index (χ3v) is 4.01. The van der Waals surface area contributed by atoms with Crippen LogP contribution in [0.1, 0.15) is 34.5 Å². The number of H-pyrrole nitrogens is 1. The molecule has 1 unspecified atom stereocenters. The second kappa shape index (κ2) is 3.38. The van der Waals surface area contributed by atoms with E-state index in [1.807, 2.05) is 26.0 Å². The molecule has 0 fully saturated rings. The first-order valence-electron chi connectivity index (χ1n) is 6.41. The Morgan fingerprint density at radius 1 is 1.21 bits per heavy atom. The minimum Gasteiger partial charge on any atom is -0.454 e. The molecular weight excluding hydrogens is 238 g/mol. The van der Waals surface area contributed by atoms with Gasteiger partial charge in [0.15, 0.2) is 0 Å². The van der Waals surface area contributed by atoms with Crippen LogP contribution < -0.4 is 0 Å². The average molecular weight is 251 g/mol. The first-order valence-corrected chi connectivity index (χ1v) is 6.41. The lowest BCUT2D eigenvalue weighted by Gasteiger charge is -2.04. The Bertz CT molecular complexity index is 845. The highest BCUT2D eigenvalue weighted by Crippen LogP contribution is 2.38. The molecule has 0 bridgehead atoms. The number of esters is 1. The molecular formula is C16H13NO2. The van der Waals surface area contributed by atoms with Gasteiger partial charge in [-0.25, -0.2) is 4.79 Å². The smallest absolute Gasteiger partial charge is 0.339 e. The van der Waals surface area contributed by atoms with E-state index in [4.69, 9.17) is 4.74 Å². The predicted octanol–water partition coefficient (Wildman–Crippen LogP) is 3.86. The van der Waals surface area contributed by atoms with Gasteiger partial charge >= 0.3 is 5.97 Å². The van der Waals surface area contributed by atoms with Crippen LogP contribution >= 0.6 is 0 Å². The molecule has 0 amide bonds. The Morgan fingerprint density at radius 3 is 2.84 bits per heavy atom. The summed E-state index contributed by atoms with van der Waals surface area (Å²) in [4.78, 5) is 15.3. The van der Waals surface area contributed by atoms with Gasteiger partial charge in [-0.05, 0) is 31.5 Å². The molecule has 1 aliphatic heterocycles. The first kappa shape index (κ1) is 10.6. The van der Waals surface area contributed by atoms with Crippen molar-refractivity contribution >= 4 is 27.8 Å². The summed E-state index contributed by atoms with van der Waals surface area (Å²) in [6.45, 7) is 3.90. The normalized spacial score (nSPS) is 18.0. The van der Waals surface area contributed by atoms with Crippen LogP contribution in [0.25, 0.3) is 21.8 Å². The highest BCUT2D eigenvalue weighted by molar-refractivity contribution is 6.12. The van der Waals surface area contributed by atoms with Gasteiger partial charge in [0.2, 0.25) is 0 Å². The molecule has 3 heteroatoms. The Balaban J connectivity index is 2.22. The molecule has 0 aliphatic carbocycles. The van der Waals surface area contributed by atoms with E-state index in [1.54, 1.807) is 0 Å². The fourth-order valence-corrected chi connectivity index (χ4v) is 3.05. The summed E-state index contributed by atoms with van der Waals surface area (Å²) in [5.74, 6) is -0.208. The Hall–Kier alpha value is -2.29. The summed E-state index contributed by atoms with van der Waals surface area (Å²) in [6, 6.07) is 10.3. The van der Waals surface area contributed by atoms with E-state index in [-0.39, 0.29) is 12.1 Å². The lowest BCUT2D eigenvalue weighted by atomic mass is 9.97. The number of hydrogen-bond acceptors (Lipinski definition) is 2. The van der Waals surface area contributed by atoms with Crippen molar-refractivity contribution in [2.24, 2.45) is 0 Å². The number of carbonyl (C=O) groups excluding carboxylic acids is 1. The van der Waals surface area contributed by atoms with E-state index < -0.39 is 0 Å². The van der Waals surface area contributed by atoms with Crippen molar-refractivity contribution in [1.82, 2.24) is 4.98 Å². The number of cyclic esters (lactones) is 1. The van der Waals surface area contributed by atoms with Crippen LogP contribution in [0.5, 0.6) is 0 Å². The lowest BCUT2D eigenvalue weighted by molar-refractivity contribution is 0.0421. The van der Waals surface area contributed by atoms with Gasteiger partial charge in [-0.1, -0.05) is 18.2 Å². The predicted molar refractivity (Wildman–Crippen MR) is 74.4 cm³/mol. The standard InChI is InChI=1S/C16H13NO2/c1-8-14-11(9(2)19-16(14)18)7-12-10-5-3-4-6-13(10)17-15(8)12/h3-7,9,17H,1-2H3. The van der Waals surface area contributed by atoms with Crippen molar-refractivity contribution in [2.45, 2.75) is 20.0 Å². The fraction of sp³-hybridized carbons (Fsp3) is 0.188. The number of rotatable bonds is 0. The number of para-hydroxylation sites is 1. The molecule has 1 N–H and O–H groups in total. The third kappa shape index (κ3) is 1.24. The van der Waals surface area contributed by atoms with Crippen molar-refractivity contribution < 1.29 is 9.53 Å².